The van der Waals surface area contributed by atoms with E-state index in [9.17, 15) is 9.59 Å². The molecule has 0 saturated heterocycles. The fraction of sp³-hybridized carbons (Fsp3) is 0.360. The summed E-state index contributed by atoms with van der Waals surface area (Å²) in [6.45, 7) is 2.13. The van der Waals surface area contributed by atoms with Crippen LogP contribution in [0.25, 0.3) is 0 Å². The van der Waals surface area contributed by atoms with Crippen molar-refractivity contribution in [2.75, 3.05) is 5.32 Å². The maximum atomic E-state index is 12.9. The number of aryl methyl sites for hydroxylation is 1. The van der Waals surface area contributed by atoms with Crippen molar-refractivity contribution >= 4 is 17.5 Å². The topological polar surface area (TPSA) is 70.9 Å². The number of anilines is 1. The molecule has 1 aliphatic carbocycles. The predicted molar refractivity (Wildman–Crippen MR) is 118 cm³/mol. The van der Waals surface area contributed by atoms with Gasteiger partial charge >= 0.3 is 0 Å². The third-order valence-electron chi connectivity index (χ3n) is 5.86. The third-order valence-corrected chi connectivity index (χ3v) is 5.86. The van der Waals surface area contributed by atoms with E-state index in [0.717, 1.165) is 66.5 Å². The van der Waals surface area contributed by atoms with Crippen molar-refractivity contribution < 1.29 is 9.59 Å². The van der Waals surface area contributed by atoms with E-state index in [1.807, 2.05) is 42.5 Å². The molecule has 0 aromatic heterocycles. The van der Waals surface area contributed by atoms with Gasteiger partial charge in [-0.25, -0.2) is 0 Å². The Balaban J connectivity index is 1.51. The second kappa shape index (κ2) is 9.16. The van der Waals surface area contributed by atoms with Gasteiger partial charge in [0.15, 0.2) is 0 Å². The Hall–Kier alpha value is -3.08. The summed E-state index contributed by atoms with van der Waals surface area (Å²) in [5.41, 5.74) is 5.67. The zero-order valence-corrected chi connectivity index (χ0v) is 17.4. The SMILES string of the molecule is CCCc1ccccc1NC(=O)c1cccc(CC2N=NC(=O)C3=C2CCCC3)c1. The van der Waals surface area contributed by atoms with Crippen molar-refractivity contribution in [2.45, 2.75) is 57.9 Å². The van der Waals surface area contributed by atoms with Crippen LogP contribution in [0.3, 0.4) is 0 Å². The summed E-state index contributed by atoms with van der Waals surface area (Å²) in [7, 11) is 0. The van der Waals surface area contributed by atoms with Gasteiger partial charge < -0.3 is 5.32 Å². The number of azo groups is 1. The second-order valence-corrected chi connectivity index (χ2v) is 8.01. The van der Waals surface area contributed by atoms with Crippen molar-refractivity contribution in [3.63, 3.8) is 0 Å². The molecule has 0 saturated carbocycles. The van der Waals surface area contributed by atoms with E-state index < -0.39 is 0 Å². The highest BCUT2D eigenvalue weighted by Gasteiger charge is 2.29. The van der Waals surface area contributed by atoms with Gasteiger partial charge in [0.25, 0.3) is 11.8 Å². The minimum absolute atomic E-state index is 0.0957. The molecule has 2 amide bonds. The van der Waals surface area contributed by atoms with Gasteiger partial charge in [-0.2, -0.15) is 5.11 Å². The molecular formula is C25H27N3O2. The molecular weight excluding hydrogens is 374 g/mol. The van der Waals surface area contributed by atoms with E-state index in [-0.39, 0.29) is 17.9 Å². The number of carbonyl (C=O) groups excluding carboxylic acids is 2. The van der Waals surface area contributed by atoms with Crippen LogP contribution in [0.5, 0.6) is 0 Å². The average Bonchev–Trinajstić information content (AvgIpc) is 2.78. The summed E-state index contributed by atoms with van der Waals surface area (Å²) in [6.07, 6.45) is 6.48. The zero-order valence-electron chi connectivity index (χ0n) is 17.4. The summed E-state index contributed by atoms with van der Waals surface area (Å²) in [4.78, 5) is 24.9. The maximum Gasteiger partial charge on any atom is 0.291 e. The molecule has 1 atom stereocenters. The van der Waals surface area contributed by atoms with E-state index in [2.05, 4.69) is 28.5 Å². The predicted octanol–water partition coefficient (Wildman–Crippen LogP) is 5.67. The number of rotatable bonds is 6. The molecule has 2 aromatic carbocycles. The van der Waals surface area contributed by atoms with E-state index >= 15 is 0 Å². The molecule has 0 bridgehead atoms. The Kier molecular flexibility index (Phi) is 6.17. The first-order valence-electron chi connectivity index (χ1n) is 10.8. The van der Waals surface area contributed by atoms with Crippen molar-refractivity contribution in [1.82, 2.24) is 0 Å². The molecule has 2 aliphatic rings. The molecule has 0 fully saturated rings. The van der Waals surface area contributed by atoms with Gasteiger partial charge in [-0.3, -0.25) is 9.59 Å². The zero-order chi connectivity index (χ0) is 20.9. The summed E-state index contributed by atoms with van der Waals surface area (Å²) in [6, 6.07) is 15.5. The number of carbonyl (C=O) groups is 2. The monoisotopic (exact) mass is 401 g/mol. The van der Waals surface area contributed by atoms with E-state index in [0.29, 0.717) is 12.0 Å². The first kappa shape index (κ1) is 20.2. The Morgan fingerprint density at radius 3 is 2.80 bits per heavy atom. The smallest absolute Gasteiger partial charge is 0.291 e. The molecule has 5 heteroatoms. The van der Waals surface area contributed by atoms with E-state index in [4.69, 9.17) is 0 Å². The molecule has 1 heterocycles. The molecule has 5 nitrogen and oxygen atoms in total. The lowest BCUT2D eigenvalue weighted by atomic mass is 9.84. The number of hydrogen-bond acceptors (Lipinski definition) is 3. The summed E-state index contributed by atoms with van der Waals surface area (Å²) in [5.74, 6) is -0.279. The van der Waals surface area contributed by atoms with Gasteiger partial charge in [0, 0.05) is 23.2 Å². The average molecular weight is 402 g/mol. The first-order chi connectivity index (χ1) is 14.7. The summed E-state index contributed by atoms with van der Waals surface area (Å²) < 4.78 is 0. The summed E-state index contributed by atoms with van der Waals surface area (Å²) >= 11 is 0. The number of amides is 2. The number of hydrogen-bond donors (Lipinski definition) is 1. The molecule has 2 aromatic rings. The van der Waals surface area contributed by atoms with Crippen LogP contribution < -0.4 is 5.32 Å². The first-order valence-corrected chi connectivity index (χ1v) is 10.8. The van der Waals surface area contributed by atoms with Crippen molar-refractivity contribution in [3.05, 3.63) is 76.4 Å². The lowest BCUT2D eigenvalue weighted by Gasteiger charge is -2.25. The minimum Gasteiger partial charge on any atom is -0.322 e. The van der Waals surface area contributed by atoms with E-state index in [1.54, 1.807) is 0 Å². The highest BCUT2D eigenvalue weighted by atomic mass is 16.2. The lowest BCUT2D eigenvalue weighted by Crippen LogP contribution is -2.23. The second-order valence-electron chi connectivity index (χ2n) is 8.01. The molecule has 1 N–H and O–H groups in total. The van der Waals surface area contributed by atoms with E-state index in [1.165, 1.54) is 0 Å². The summed E-state index contributed by atoms with van der Waals surface area (Å²) in [5, 5.41) is 11.2. The van der Waals surface area contributed by atoms with Crippen LogP contribution in [-0.4, -0.2) is 17.9 Å². The van der Waals surface area contributed by atoms with Gasteiger partial charge in [-0.05, 0) is 67.0 Å². The molecule has 1 unspecified atom stereocenters. The molecule has 30 heavy (non-hydrogen) atoms. The van der Waals surface area contributed by atoms with Crippen LogP contribution in [0.15, 0.2) is 69.9 Å². The van der Waals surface area contributed by atoms with Crippen molar-refractivity contribution in [2.24, 2.45) is 10.2 Å². The standard InChI is InChI=1S/C25H27N3O2/c1-2-8-18-10-3-6-14-22(18)26-24(29)19-11-7-9-17(15-19)16-23-20-12-4-5-13-21(20)25(30)28-27-23/h3,6-7,9-11,14-15,23H,2,4-5,8,12-13,16H2,1H3,(H,26,29). The number of nitrogens with one attached hydrogen (secondary N) is 1. The highest BCUT2D eigenvalue weighted by Crippen LogP contribution is 2.33. The Bertz CT molecular complexity index is 1020. The van der Waals surface area contributed by atoms with Gasteiger partial charge in [-0.1, -0.05) is 43.7 Å². The van der Waals surface area contributed by atoms with Gasteiger partial charge in [0.05, 0.1) is 6.04 Å². The fourth-order valence-electron chi connectivity index (χ4n) is 4.34. The van der Waals surface area contributed by atoms with Crippen LogP contribution in [-0.2, 0) is 17.6 Å². The molecule has 154 valence electrons. The number of nitrogens with zero attached hydrogens (tertiary/aromatic N) is 2. The Labute approximate surface area is 177 Å². The molecule has 0 radical (unpaired) electrons. The van der Waals surface area contributed by atoms with Gasteiger partial charge in [0.1, 0.15) is 0 Å². The molecule has 4 rings (SSSR count). The third kappa shape index (κ3) is 4.40. The Morgan fingerprint density at radius 2 is 1.93 bits per heavy atom. The van der Waals surface area contributed by atoms with Crippen LogP contribution in [0.4, 0.5) is 5.69 Å². The van der Waals surface area contributed by atoms with Gasteiger partial charge in [-0.15, -0.1) is 5.11 Å². The normalized spacial score (nSPS) is 18.3. The quantitative estimate of drug-likeness (QED) is 0.678. The highest BCUT2D eigenvalue weighted by molar-refractivity contribution is 6.04. The van der Waals surface area contributed by atoms with Crippen molar-refractivity contribution in [3.8, 4) is 0 Å². The van der Waals surface area contributed by atoms with Crippen LogP contribution in [0.2, 0.25) is 0 Å². The van der Waals surface area contributed by atoms with Crippen LogP contribution >= 0.6 is 0 Å². The van der Waals surface area contributed by atoms with Crippen LogP contribution in [0.1, 0.15) is 60.5 Å². The number of para-hydroxylation sites is 1. The van der Waals surface area contributed by atoms with Crippen molar-refractivity contribution in [1.29, 1.82) is 0 Å². The molecule has 1 aliphatic heterocycles. The largest absolute Gasteiger partial charge is 0.322 e. The number of benzene rings is 2. The van der Waals surface area contributed by atoms with Gasteiger partial charge in [0.2, 0.25) is 0 Å². The fourth-order valence-corrected chi connectivity index (χ4v) is 4.34. The maximum absolute atomic E-state index is 12.9. The van der Waals surface area contributed by atoms with Crippen LogP contribution in [0, 0.1) is 0 Å². The lowest BCUT2D eigenvalue weighted by molar-refractivity contribution is -0.115. The Morgan fingerprint density at radius 1 is 1.10 bits per heavy atom. The minimum atomic E-state index is -0.167. The molecule has 0 spiro atoms.